The number of ketones is 1. The Morgan fingerprint density at radius 1 is 1.11 bits per heavy atom. The van der Waals surface area contributed by atoms with E-state index in [9.17, 15) is 14.4 Å². The zero-order valence-corrected chi connectivity index (χ0v) is 15.8. The van der Waals surface area contributed by atoms with Gasteiger partial charge in [-0.15, -0.1) is 0 Å². The van der Waals surface area contributed by atoms with Gasteiger partial charge in [0.25, 0.3) is 5.91 Å². The van der Waals surface area contributed by atoms with Crippen LogP contribution in [0.2, 0.25) is 0 Å². The van der Waals surface area contributed by atoms with Crippen LogP contribution in [0.3, 0.4) is 0 Å². The summed E-state index contributed by atoms with van der Waals surface area (Å²) in [5.74, 6) is -0.677. The first kappa shape index (κ1) is 21.0. The average Bonchev–Trinajstić information content (AvgIpc) is 2.72. The SMILES string of the molecule is CCOC(=O)COc1ccc(C(=O)C(C)NC(=O)c2ccc(CN)nc2)cc1. The summed E-state index contributed by atoms with van der Waals surface area (Å²) in [5.41, 5.74) is 6.91. The van der Waals surface area contributed by atoms with Crippen molar-refractivity contribution in [2.45, 2.75) is 26.4 Å². The van der Waals surface area contributed by atoms with Crippen molar-refractivity contribution in [2.75, 3.05) is 13.2 Å². The van der Waals surface area contributed by atoms with Gasteiger partial charge in [-0.25, -0.2) is 4.79 Å². The molecule has 148 valence electrons. The van der Waals surface area contributed by atoms with Crippen LogP contribution in [0.1, 0.15) is 40.3 Å². The van der Waals surface area contributed by atoms with Crippen molar-refractivity contribution in [3.63, 3.8) is 0 Å². The van der Waals surface area contributed by atoms with Crippen LogP contribution in [-0.4, -0.2) is 41.9 Å². The van der Waals surface area contributed by atoms with E-state index in [1.165, 1.54) is 6.20 Å². The number of nitrogens with one attached hydrogen (secondary N) is 1. The number of ether oxygens (including phenoxy) is 2. The molecule has 1 aromatic heterocycles. The number of carbonyl (C=O) groups is 3. The lowest BCUT2D eigenvalue weighted by molar-refractivity contribution is -0.145. The number of rotatable bonds is 9. The summed E-state index contributed by atoms with van der Waals surface area (Å²) in [6, 6.07) is 8.85. The van der Waals surface area contributed by atoms with Crippen LogP contribution in [0.5, 0.6) is 5.75 Å². The Morgan fingerprint density at radius 3 is 2.36 bits per heavy atom. The molecule has 0 aliphatic rings. The summed E-state index contributed by atoms with van der Waals surface area (Å²) >= 11 is 0. The number of esters is 1. The third kappa shape index (κ3) is 5.88. The van der Waals surface area contributed by atoms with Gasteiger partial charge in [-0.05, 0) is 50.2 Å². The van der Waals surface area contributed by atoms with Gasteiger partial charge in [0.2, 0.25) is 0 Å². The lowest BCUT2D eigenvalue weighted by Gasteiger charge is -2.13. The van der Waals surface area contributed by atoms with Crippen LogP contribution >= 0.6 is 0 Å². The third-order valence-corrected chi connectivity index (χ3v) is 3.84. The van der Waals surface area contributed by atoms with Gasteiger partial charge in [0, 0.05) is 18.3 Å². The fourth-order valence-corrected chi connectivity index (χ4v) is 2.34. The molecule has 0 saturated heterocycles. The number of hydrogen-bond donors (Lipinski definition) is 2. The molecule has 0 radical (unpaired) electrons. The Balaban J connectivity index is 1.92. The molecule has 0 fully saturated rings. The standard InChI is InChI=1S/C20H23N3O5/c1-3-27-18(24)12-28-17-8-5-14(6-9-17)19(25)13(2)23-20(26)15-4-7-16(10-21)22-11-15/h4-9,11,13H,3,10,12,21H2,1-2H3,(H,23,26). The number of benzene rings is 1. The molecule has 0 aliphatic carbocycles. The molecule has 8 heteroatoms. The van der Waals surface area contributed by atoms with Crippen LogP contribution in [0.4, 0.5) is 0 Å². The number of amides is 1. The van der Waals surface area contributed by atoms with E-state index in [2.05, 4.69) is 10.3 Å². The summed E-state index contributed by atoms with van der Waals surface area (Å²) in [7, 11) is 0. The van der Waals surface area contributed by atoms with Gasteiger partial charge in [-0.1, -0.05) is 0 Å². The highest BCUT2D eigenvalue weighted by molar-refractivity contribution is 6.04. The molecular formula is C20H23N3O5. The van der Waals surface area contributed by atoms with Crippen LogP contribution in [0, 0.1) is 0 Å². The first-order valence-corrected chi connectivity index (χ1v) is 8.83. The summed E-state index contributed by atoms with van der Waals surface area (Å²) in [4.78, 5) is 40.1. The van der Waals surface area contributed by atoms with Crippen LogP contribution in [-0.2, 0) is 16.1 Å². The average molecular weight is 385 g/mol. The molecule has 2 rings (SSSR count). The lowest BCUT2D eigenvalue weighted by Crippen LogP contribution is -2.38. The predicted octanol–water partition coefficient (Wildman–Crippen LogP) is 1.48. The molecule has 0 bridgehead atoms. The lowest BCUT2D eigenvalue weighted by atomic mass is 10.0. The van der Waals surface area contributed by atoms with Gasteiger partial charge in [0.05, 0.1) is 23.9 Å². The Morgan fingerprint density at radius 2 is 1.79 bits per heavy atom. The van der Waals surface area contributed by atoms with E-state index in [0.29, 0.717) is 22.6 Å². The van der Waals surface area contributed by atoms with Crippen molar-refractivity contribution >= 4 is 17.7 Å². The van der Waals surface area contributed by atoms with Crippen molar-refractivity contribution in [3.05, 3.63) is 59.4 Å². The molecule has 1 atom stereocenters. The highest BCUT2D eigenvalue weighted by atomic mass is 16.6. The first-order chi connectivity index (χ1) is 13.4. The molecule has 1 aromatic carbocycles. The second-order valence-corrected chi connectivity index (χ2v) is 5.92. The summed E-state index contributed by atoms with van der Waals surface area (Å²) in [6.07, 6.45) is 1.42. The Kier molecular flexibility index (Phi) is 7.65. The number of nitrogens with zero attached hydrogens (tertiary/aromatic N) is 1. The predicted molar refractivity (Wildman–Crippen MR) is 102 cm³/mol. The molecule has 1 heterocycles. The van der Waals surface area contributed by atoms with E-state index in [0.717, 1.165) is 0 Å². The van der Waals surface area contributed by atoms with Crippen LogP contribution < -0.4 is 15.8 Å². The second kappa shape index (κ2) is 10.2. The molecule has 0 aliphatic heterocycles. The monoisotopic (exact) mass is 385 g/mol. The van der Waals surface area contributed by atoms with E-state index >= 15 is 0 Å². The molecule has 0 spiro atoms. The Labute approximate surface area is 163 Å². The molecule has 0 saturated carbocycles. The summed E-state index contributed by atoms with van der Waals surface area (Å²) in [5, 5.41) is 2.65. The molecule has 8 nitrogen and oxygen atoms in total. The van der Waals surface area contributed by atoms with Crippen molar-refractivity contribution in [2.24, 2.45) is 5.73 Å². The maximum Gasteiger partial charge on any atom is 0.344 e. The zero-order valence-electron chi connectivity index (χ0n) is 15.8. The van der Waals surface area contributed by atoms with Crippen molar-refractivity contribution in [1.29, 1.82) is 0 Å². The zero-order chi connectivity index (χ0) is 20.5. The number of hydrogen-bond acceptors (Lipinski definition) is 7. The molecule has 1 unspecified atom stereocenters. The topological polar surface area (TPSA) is 121 Å². The highest BCUT2D eigenvalue weighted by Gasteiger charge is 2.18. The minimum atomic E-state index is -0.729. The molecular weight excluding hydrogens is 362 g/mol. The van der Waals surface area contributed by atoms with Gasteiger partial charge >= 0.3 is 5.97 Å². The minimum Gasteiger partial charge on any atom is -0.482 e. The van der Waals surface area contributed by atoms with Crippen LogP contribution in [0.25, 0.3) is 0 Å². The minimum absolute atomic E-state index is 0.204. The third-order valence-electron chi connectivity index (χ3n) is 3.84. The number of carbonyl (C=O) groups excluding carboxylic acids is 3. The fourth-order valence-electron chi connectivity index (χ4n) is 2.34. The molecule has 2 aromatic rings. The summed E-state index contributed by atoms with van der Waals surface area (Å²) < 4.78 is 10.1. The number of Topliss-reactive ketones (excluding diaryl/α,β-unsaturated/α-hetero) is 1. The second-order valence-electron chi connectivity index (χ2n) is 5.92. The van der Waals surface area contributed by atoms with E-state index in [1.807, 2.05) is 0 Å². The van der Waals surface area contributed by atoms with Gasteiger partial charge in [0.15, 0.2) is 12.4 Å². The molecule has 3 N–H and O–H groups in total. The Hall–Kier alpha value is -3.26. The fraction of sp³-hybridized carbons (Fsp3) is 0.300. The van der Waals surface area contributed by atoms with Crippen molar-refractivity contribution in [3.8, 4) is 5.75 Å². The quantitative estimate of drug-likeness (QED) is 0.495. The number of aromatic nitrogens is 1. The normalized spacial score (nSPS) is 11.4. The van der Waals surface area contributed by atoms with E-state index in [1.54, 1.807) is 50.2 Å². The maximum atomic E-state index is 12.5. The highest BCUT2D eigenvalue weighted by Crippen LogP contribution is 2.14. The number of pyridine rings is 1. The van der Waals surface area contributed by atoms with Gasteiger partial charge in [0.1, 0.15) is 5.75 Å². The maximum absolute atomic E-state index is 12.5. The van der Waals surface area contributed by atoms with E-state index < -0.39 is 17.9 Å². The molecule has 28 heavy (non-hydrogen) atoms. The van der Waals surface area contributed by atoms with E-state index in [4.69, 9.17) is 15.2 Å². The van der Waals surface area contributed by atoms with Gasteiger partial charge in [-0.2, -0.15) is 0 Å². The van der Waals surface area contributed by atoms with E-state index in [-0.39, 0.29) is 25.5 Å². The van der Waals surface area contributed by atoms with Gasteiger partial charge in [-0.3, -0.25) is 14.6 Å². The smallest absolute Gasteiger partial charge is 0.344 e. The number of nitrogens with two attached hydrogens (primary N) is 1. The first-order valence-electron chi connectivity index (χ1n) is 8.83. The summed E-state index contributed by atoms with van der Waals surface area (Å²) in [6.45, 7) is 3.68. The molecule has 1 amide bonds. The van der Waals surface area contributed by atoms with Crippen LogP contribution in [0.15, 0.2) is 42.6 Å². The van der Waals surface area contributed by atoms with Crippen molar-refractivity contribution < 1.29 is 23.9 Å². The van der Waals surface area contributed by atoms with Gasteiger partial charge < -0.3 is 20.5 Å². The Bertz CT molecular complexity index is 819. The largest absolute Gasteiger partial charge is 0.482 e. The van der Waals surface area contributed by atoms with Crippen molar-refractivity contribution in [1.82, 2.24) is 10.3 Å².